The Kier molecular flexibility index (Phi) is 3.57. The van der Waals surface area contributed by atoms with E-state index in [-0.39, 0.29) is 11.0 Å². The SMILES string of the molecule is COc1ncc(-c2cnc(C(F)(F)F)cc2Cl)cn1. The zero-order chi connectivity index (χ0) is 14.0. The lowest BCUT2D eigenvalue weighted by Gasteiger charge is -2.08. The Labute approximate surface area is 111 Å². The Morgan fingerprint density at radius 1 is 1.11 bits per heavy atom. The third-order valence-electron chi connectivity index (χ3n) is 2.27. The molecule has 0 aliphatic heterocycles. The fourth-order valence-corrected chi connectivity index (χ4v) is 1.62. The number of pyridine rings is 1. The van der Waals surface area contributed by atoms with Crippen LogP contribution in [0.25, 0.3) is 11.1 Å². The first kappa shape index (κ1) is 13.5. The fraction of sp³-hybridized carbons (Fsp3) is 0.182. The van der Waals surface area contributed by atoms with Crippen molar-refractivity contribution in [1.82, 2.24) is 15.0 Å². The third-order valence-corrected chi connectivity index (χ3v) is 2.58. The summed E-state index contributed by atoms with van der Waals surface area (Å²) in [7, 11) is 1.40. The van der Waals surface area contributed by atoms with Crippen molar-refractivity contribution in [2.24, 2.45) is 0 Å². The minimum atomic E-state index is -4.53. The molecule has 0 aromatic carbocycles. The number of nitrogens with zero attached hydrogens (tertiary/aromatic N) is 3. The van der Waals surface area contributed by atoms with Crippen LogP contribution in [0.2, 0.25) is 5.02 Å². The summed E-state index contributed by atoms with van der Waals surface area (Å²) in [5.74, 6) is 0. The quantitative estimate of drug-likeness (QED) is 0.852. The average molecular weight is 290 g/mol. The molecular weight excluding hydrogens is 283 g/mol. The summed E-state index contributed by atoms with van der Waals surface area (Å²) in [6, 6.07) is 0.918. The number of ether oxygens (including phenoxy) is 1. The number of halogens is 4. The monoisotopic (exact) mass is 289 g/mol. The fourth-order valence-electron chi connectivity index (χ4n) is 1.36. The Bertz CT molecular complexity index is 587. The van der Waals surface area contributed by atoms with Crippen LogP contribution in [-0.4, -0.2) is 22.1 Å². The largest absolute Gasteiger partial charge is 0.467 e. The molecule has 0 amide bonds. The first-order chi connectivity index (χ1) is 8.91. The number of aromatic nitrogens is 3. The summed E-state index contributed by atoms with van der Waals surface area (Å²) in [6.07, 6.45) is -0.709. The van der Waals surface area contributed by atoms with Gasteiger partial charge in [-0.05, 0) is 6.07 Å². The maximum absolute atomic E-state index is 12.4. The second kappa shape index (κ2) is 5.00. The molecule has 2 rings (SSSR count). The van der Waals surface area contributed by atoms with Gasteiger partial charge in [0.05, 0.1) is 12.1 Å². The van der Waals surface area contributed by atoms with Crippen LogP contribution in [0.4, 0.5) is 13.2 Å². The van der Waals surface area contributed by atoms with E-state index >= 15 is 0 Å². The molecule has 0 fully saturated rings. The molecule has 0 aliphatic carbocycles. The second-order valence-electron chi connectivity index (χ2n) is 3.51. The Morgan fingerprint density at radius 2 is 1.74 bits per heavy atom. The van der Waals surface area contributed by atoms with Crippen molar-refractivity contribution in [2.45, 2.75) is 6.18 Å². The lowest BCUT2D eigenvalue weighted by Crippen LogP contribution is -2.07. The third kappa shape index (κ3) is 2.93. The summed E-state index contributed by atoms with van der Waals surface area (Å²) in [6.45, 7) is 0. The predicted octanol–water partition coefficient (Wildman–Crippen LogP) is 3.22. The van der Waals surface area contributed by atoms with Crippen LogP contribution >= 0.6 is 11.6 Å². The molecule has 0 aliphatic rings. The number of hydrogen-bond acceptors (Lipinski definition) is 4. The van der Waals surface area contributed by atoms with Gasteiger partial charge in [0, 0.05) is 29.7 Å². The van der Waals surface area contributed by atoms with Crippen molar-refractivity contribution in [1.29, 1.82) is 0 Å². The predicted molar refractivity (Wildman–Crippen MR) is 61.8 cm³/mol. The minimum Gasteiger partial charge on any atom is -0.467 e. The molecule has 19 heavy (non-hydrogen) atoms. The van der Waals surface area contributed by atoms with Crippen molar-refractivity contribution >= 4 is 11.6 Å². The van der Waals surface area contributed by atoms with E-state index in [4.69, 9.17) is 16.3 Å². The lowest BCUT2D eigenvalue weighted by molar-refractivity contribution is -0.141. The highest BCUT2D eigenvalue weighted by molar-refractivity contribution is 6.33. The van der Waals surface area contributed by atoms with Gasteiger partial charge >= 0.3 is 12.2 Å². The van der Waals surface area contributed by atoms with Gasteiger partial charge in [0.2, 0.25) is 0 Å². The van der Waals surface area contributed by atoms with Crippen molar-refractivity contribution in [3.63, 3.8) is 0 Å². The summed E-state index contributed by atoms with van der Waals surface area (Å²) >= 11 is 5.82. The summed E-state index contributed by atoms with van der Waals surface area (Å²) in [5.41, 5.74) is -0.278. The van der Waals surface area contributed by atoms with E-state index in [1.165, 1.54) is 19.5 Å². The maximum Gasteiger partial charge on any atom is 0.433 e. The molecule has 0 saturated carbocycles. The van der Waals surface area contributed by atoms with Crippen LogP contribution in [0.15, 0.2) is 24.7 Å². The van der Waals surface area contributed by atoms with Gasteiger partial charge in [-0.2, -0.15) is 13.2 Å². The van der Waals surface area contributed by atoms with Gasteiger partial charge in [-0.25, -0.2) is 9.97 Å². The van der Waals surface area contributed by atoms with E-state index in [0.29, 0.717) is 11.1 Å². The Hall–Kier alpha value is -1.89. The van der Waals surface area contributed by atoms with Crippen LogP contribution in [0.5, 0.6) is 6.01 Å². The van der Waals surface area contributed by atoms with Gasteiger partial charge < -0.3 is 4.74 Å². The molecule has 0 N–H and O–H groups in total. The molecule has 0 spiro atoms. The number of rotatable bonds is 2. The van der Waals surface area contributed by atoms with Crippen molar-refractivity contribution < 1.29 is 17.9 Å². The summed E-state index contributed by atoms with van der Waals surface area (Å²) < 4.78 is 42.1. The van der Waals surface area contributed by atoms with Crippen LogP contribution in [0.1, 0.15) is 5.69 Å². The second-order valence-corrected chi connectivity index (χ2v) is 3.91. The van der Waals surface area contributed by atoms with E-state index in [1.54, 1.807) is 0 Å². The minimum absolute atomic E-state index is 0.0731. The molecular formula is C11H7ClF3N3O. The van der Waals surface area contributed by atoms with Crippen LogP contribution in [-0.2, 0) is 6.18 Å². The molecule has 100 valence electrons. The Balaban J connectivity index is 2.40. The van der Waals surface area contributed by atoms with Gasteiger partial charge in [-0.1, -0.05) is 11.6 Å². The zero-order valence-corrected chi connectivity index (χ0v) is 10.3. The topological polar surface area (TPSA) is 47.9 Å². The highest BCUT2D eigenvalue weighted by Crippen LogP contribution is 2.33. The lowest BCUT2D eigenvalue weighted by atomic mass is 10.1. The Morgan fingerprint density at radius 3 is 2.21 bits per heavy atom. The van der Waals surface area contributed by atoms with Crippen molar-refractivity contribution in [3.05, 3.63) is 35.4 Å². The molecule has 8 heteroatoms. The molecule has 0 unspecified atom stereocenters. The number of methoxy groups -OCH3 is 1. The summed E-state index contributed by atoms with van der Waals surface area (Å²) in [5, 5.41) is -0.0731. The van der Waals surface area contributed by atoms with Crippen LogP contribution < -0.4 is 4.74 Å². The average Bonchev–Trinajstić information content (AvgIpc) is 2.38. The smallest absolute Gasteiger partial charge is 0.433 e. The van der Waals surface area contributed by atoms with Gasteiger partial charge in [0.15, 0.2) is 0 Å². The van der Waals surface area contributed by atoms with E-state index < -0.39 is 11.9 Å². The highest BCUT2D eigenvalue weighted by atomic mass is 35.5. The van der Waals surface area contributed by atoms with Crippen LogP contribution in [0, 0.1) is 0 Å². The molecule has 0 bridgehead atoms. The zero-order valence-electron chi connectivity index (χ0n) is 9.57. The van der Waals surface area contributed by atoms with E-state index in [2.05, 4.69) is 15.0 Å². The molecule has 4 nitrogen and oxygen atoms in total. The molecule has 0 radical (unpaired) electrons. The highest BCUT2D eigenvalue weighted by Gasteiger charge is 2.33. The summed E-state index contributed by atoms with van der Waals surface area (Å²) in [4.78, 5) is 11.0. The first-order valence-corrected chi connectivity index (χ1v) is 5.39. The van der Waals surface area contributed by atoms with Gasteiger partial charge in [-0.15, -0.1) is 0 Å². The van der Waals surface area contributed by atoms with E-state index in [1.807, 2.05) is 0 Å². The van der Waals surface area contributed by atoms with Gasteiger partial charge in [-0.3, -0.25) is 4.98 Å². The van der Waals surface area contributed by atoms with E-state index in [0.717, 1.165) is 12.3 Å². The molecule has 2 aromatic heterocycles. The van der Waals surface area contributed by atoms with Gasteiger partial charge in [0.1, 0.15) is 5.69 Å². The molecule has 2 aromatic rings. The number of hydrogen-bond donors (Lipinski definition) is 0. The van der Waals surface area contributed by atoms with Crippen LogP contribution in [0.3, 0.4) is 0 Å². The molecule has 0 atom stereocenters. The maximum atomic E-state index is 12.4. The van der Waals surface area contributed by atoms with Gasteiger partial charge in [0.25, 0.3) is 0 Å². The van der Waals surface area contributed by atoms with E-state index in [9.17, 15) is 13.2 Å². The van der Waals surface area contributed by atoms with Crippen molar-refractivity contribution in [3.8, 4) is 17.1 Å². The standard InChI is InChI=1S/C11H7ClF3N3O/c1-19-10-17-3-6(4-18-10)7-5-16-9(2-8(7)12)11(13,14)15/h2-5H,1H3. The first-order valence-electron chi connectivity index (χ1n) is 5.01. The normalized spacial score (nSPS) is 11.4. The van der Waals surface area contributed by atoms with Crippen molar-refractivity contribution in [2.75, 3.05) is 7.11 Å². The number of alkyl halides is 3. The molecule has 0 saturated heterocycles. The molecule has 2 heterocycles.